The van der Waals surface area contributed by atoms with E-state index in [1.165, 1.54) is 5.56 Å². The third kappa shape index (κ3) is 3.11. The zero-order valence-corrected chi connectivity index (χ0v) is 10.3. The van der Waals surface area contributed by atoms with Gasteiger partial charge in [0.15, 0.2) is 0 Å². The summed E-state index contributed by atoms with van der Waals surface area (Å²) in [6, 6.07) is 6.39. The molecule has 0 saturated carbocycles. The summed E-state index contributed by atoms with van der Waals surface area (Å²) in [7, 11) is 1.92. The maximum Gasteiger partial charge on any atom is 0.122 e. The van der Waals surface area contributed by atoms with Gasteiger partial charge in [-0.3, -0.25) is 0 Å². The molecule has 0 heterocycles. The number of hydrogen-bond acceptors (Lipinski definition) is 2. The van der Waals surface area contributed by atoms with Crippen molar-refractivity contribution in [2.24, 2.45) is 0 Å². The second kappa shape index (κ2) is 5.99. The number of halogens is 1. The van der Waals surface area contributed by atoms with Crippen molar-refractivity contribution < 1.29 is 4.74 Å². The van der Waals surface area contributed by atoms with Crippen molar-refractivity contribution in [3.8, 4) is 5.75 Å². The van der Waals surface area contributed by atoms with E-state index in [1.54, 1.807) is 0 Å². The van der Waals surface area contributed by atoms with E-state index in [-0.39, 0.29) is 6.04 Å². The Kier molecular flexibility index (Phi) is 4.92. The molecule has 0 spiro atoms. The SMILES string of the molecule is CCOc1ccc(C(CCl)NC)cc1C. The zero-order valence-electron chi connectivity index (χ0n) is 9.51. The molecule has 0 aliphatic carbocycles. The van der Waals surface area contributed by atoms with Crippen LogP contribution in [-0.2, 0) is 0 Å². The minimum Gasteiger partial charge on any atom is -0.494 e. The second-order valence-electron chi connectivity index (χ2n) is 3.45. The lowest BCUT2D eigenvalue weighted by Gasteiger charge is -2.15. The van der Waals surface area contributed by atoms with Gasteiger partial charge in [0.2, 0.25) is 0 Å². The molecule has 1 aromatic carbocycles. The van der Waals surface area contributed by atoms with Crippen LogP contribution in [0.2, 0.25) is 0 Å². The molecule has 0 aliphatic rings. The summed E-state index contributed by atoms with van der Waals surface area (Å²) >= 11 is 5.86. The van der Waals surface area contributed by atoms with E-state index in [9.17, 15) is 0 Å². The molecule has 0 aliphatic heterocycles. The quantitative estimate of drug-likeness (QED) is 0.782. The summed E-state index contributed by atoms with van der Waals surface area (Å²) in [5.74, 6) is 1.52. The van der Waals surface area contributed by atoms with Crippen LogP contribution in [0.25, 0.3) is 0 Å². The fourth-order valence-corrected chi connectivity index (χ4v) is 1.87. The van der Waals surface area contributed by atoms with Gasteiger partial charge in [-0.2, -0.15) is 0 Å². The van der Waals surface area contributed by atoms with Crippen LogP contribution in [0.15, 0.2) is 18.2 Å². The summed E-state index contributed by atoms with van der Waals surface area (Å²) in [6.45, 7) is 4.74. The molecule has 1 N–H and O–H groups in total. The fourth-order valence-electron chi connectivity index (χ4n) is 1.54. The molecule has 1 unspecified atom stereocenters. The number of benzene rings is 1. The van der Waals surface area contributed by atoms with Gasteiger partial charge >= 0.3 is 0 Å². The highest BCUT2D eigenvalue weighted by atomic mass is 35.5. The average Bonchev–Trinajstić information content (AvgIpc) is 2.24. The first kappa shape index (κ1) is 12.3. The van der Waals surface area contributed by atoms with Gasteiger partial charge in [-0.05, 0) is 38.1 Å². The third-order valence-electron chi connectivity index (χ3n) is 2.40. The molecule has 84 valence electrons. The first-order valence-corrected chi connectivity index (χ1v) is 5.73. The van der Waals surface area contributed by atoms with Crippen LogP contribution < -0.4 is 10.1 Å². The van der Waals surface area contributed by atoms with E-state index in [1.807, 2.05) is 20.0 Å². The number of alkyl halides is 1. The van der Waals surface area contributed by atoms with Crippen LogP contribution in [0, 0.1) is 6.92 Å². The molecule has 0 fully saturated rings. The summed E-state index contributed by atoms with van der Waals surface area (Å²) in [5, 5.41) is 3.17. The molecule has 0 saturated heterocycles. The first-order valence-electron chi connectivity index (χ1n) is 5.19. The molecule has 2 nitrogen and oxygen atoms in total. The number of hydrogen-bond donors (Lipinski definition) is 1. The van der Waals surface area contributed by atoms with Crippen molar-refractivity contribution in [1.82, 2.24) is 5.32 Å². The highest BCUT2D eigenvalue weighted by Gasteiger charge is 2.09. The van der Waals surface area contributed by atoms with Crippen molar-refractivity contribution in [3.05, 3.63) is 29.3 Å². The van der Waals surface area contributed by atoms with E-state index in [4.69, 9.17) is 16.3 Å². The molecular formula is C12H18ClNO. The summed E-state index contributed by atoms with van der Waals surface area (Å²) in [4.78, 5) is 0. The monoisotopic (exact) mass is 227 g/mol. The molecule has 0 radical (unpaired) electrons. The van der Waals surface area contributed by atoms with Crippen LogP contribution in [0.1, 0.15) is 24.1 Å². The molecular weight excluding hydrogens is 210 g/mol. The Morgan fingerprint density at radius 2 is 2.20 bits per heavy atom. The second-order valence-corrected chi connectivity index (χ2v) is 3.76. The van der Waals surface area contributed by atoms with Gasteiger partial charge < -0.3 is 10.1 Å². The van der Waals surface area contributed by atoms with Crippen LogP contribution in [0.4, 0.5) is 0 Å². The molecule has 1 rings (SSSR count). The first-order chi connectivity index (χ1) is 7.22. The molecule has 3 heteroatoms. The highest BCUT2D eigenvalue weighted by molar-refractivity contribution is 6.18. The van der Waals surface area contributed by atoms with Crippen LogP contribution in [-0.4, -0.2) is 19.5 Å². The minimum atomic E-state index is 0.209. The standard InChI is InChI=1S/C12H18ClNO/c1-4-15-12-6-5-10(7-9(12)2)11(8-13)14-3/h5-7,11,14H,4,8H2,1-3H3. The number of ether oxygens (including phenoxy) is 1. The Morgan fingerprint density at radius 3 is 2.67 bits per heavy atom. The zero-order chi connectivity index (χ0) is 11.3. The lowest BCUT2D eigenvalue weighted by molar-refractivity contribution is 0.337. The summed E-state index contributed by atoms with van der Waals surface area (Å²) in [5.41, 5.74) is 2.35. The highest BCUT2D eigenvalue weighted by Crippen LogP contribution is 2.23. The predicted octanol–water partition coefficient (Wildman–Crippen LogP) is 2.89. The van der Waals surface area contributed by atoms with Gasteiger partial charge in [0, 0.05) is 11.9 Å². The Labute approximate surface area is 96.6 Å². The largest absolute Gasteiger partial charge is 0.494 e. The predicted molar refractivity (Wildman–Crippen MR) is 64.9 cm³/mol. The summed E-state index contributed by atoms with van der Waals surface area (Å²) in [6.07, 6.45) is 0. The lowest BCUT2D eigenvalue weighted by Crippen LogP contribution is -2.17. The molecule has 15 heavy (non-hydrogen) atoms. The van der Waals surface area contributed by atoms with Crippen molar-refractivity contribution in [1.29, 1.82) is 0 Å². The van der Waals surface area contributed by atoms with Crippen molar-refractivity contribution in [2.45, 2.75) is 19.9 Å². The number of aryl methyl sites for hydroxylation is 1. The molecule has 0 aromatic heterocycles. The van der Waals surface area contributed by atoms with Gasteiger partial charge in [-0.15, -0.1) is 11.6 Å². The van der Waals surface area contributed by atoms with Gasteiger partial charge in [-0.25, -0.2) is 0 Å². The maximum absolute atomic E-state index is 5.86. The summed E-state index contributed by atoms with van der Waals surface area (Å²) < 4.78 is 5.49. The lowest BCUT2D eigenvalue weighted by atomic mass is 10.1. The molecule has 0 amide bonds. The van der Waals surface area contributed by atoms with Gasteiger partial charge in [-0.1, -0.05) is 12.1 Å². The van der Waals surface area contributed by atoms with Crippen LogP contribution in [0.3, 0.4) is 0 Å². The Bertz CT molecular complexity index is 310. The normalized spacial score (nSPS) is 12.5. The smallest absolute Gasteiger partial charge is 0.122 e. The van der Waals surface area contributed by atoms with Gasteiger partial charge in [0.05, 0.1) is 6.61 Å². The van der Waals surface area contributed by atoms with Gasteiger partial charge in [0.25, 0.3) is 0 Å². The topological polar surface area (TPSA) is 21.3 Å². The van der Waals surface area contributed by atoms with Crippen LogP contribution >= 0.6 is 11.6 Å². The number of rotatable bonds is 5. The molecule has 1 aromatic rings. The third-order valence-corrected chi connectivity index (χ3v) is 2.71. The van der Waals surface area contributed by atoms with Crippen LogP contribution in [0.5, 0.6) is 5.75 Å². The minimum absolute atomic E-state index is 0.209. The Hall–Kier alpha value is -0.730. The van der Waals surface area contributed by atoms with E-state index >= 15 is 0 Å². The van der Waals surface area contributed by atoms with E-state index < -0.39 is 0 Å². The van der Waals surface area contributed by atoms with Crippen molar-refractivity contribution in [2.75, 3.05) is 19.5 Å². The number of nitrogens with one attached hydrogen (secondary N) is 1. The van der Waals surface area contributed by atoms with E-state index in [2.05, 4.69) is 24.4 Å². The molecule has 0 bridgehead atoms. The maximum atomic E-state index is 5.86. The van der Waals surface area contributed by atoms with E-state index in [0.717, 1.165) is 11.3 Å². The molecule has 1 atom stereocenters. The Balaban J connectivity index is 2.89. The Morgan fingerprint density at radius 1 is 1.47 bits per heavy atom. The fraction of sp³-hybridized carbons (Fsp3) is 0.500. The van der Waals surface area contributed by atoms with Gasteiger partial charge in [0.1, 0.15) is 5.75 Å². The average molecular weight is 228 g/mol. The van der Waals surface area contributed by atoms with Crippen molar-refractivity contribution in [3.63, 3.8) is 0 Å². The van der Waals surface area contributed by atoms with Crippen molar-refractivity contribution >= 4 is 11.6 Å². The van der Waals surface area contributed by atoms with E-state index in [0.29, 0.717) is 12.5 Å².